The van der Waals surface area contributed by atoms with Gasteiger partial charge in [-0.2, -0.15) is 0 Å². The van der Waals surface area contributed by atoms with Crippen molar-refractivity contribution in [2.45, 2.75) is 279 Å². The number of aliphatic hydroxyl groups is 16. The topological polar surface area (TPSA) is 463 Å². The van der Waals surface area contributed by atoms with Crippen molar-refractivity contribution in [2.24, 2.45) is 51.2 Å². The molecule has 34 atom stereocenters. The van der Waals surface area contributed by atoms with E-state index in [0.29, 0.717) is 32.1 Å². The van der Waals surface area contributed by atoms with Gasteiger partial charge in [-0.05, 0) is 93.3 Å². The molecule has 0 bridgehead atoms. The quantitative estimate of drug-likeness (QED) is 0.0320. The summed E-state index contributed by atoms with van der Waals surface area (Å²) >= 11 is 0. The SMILES string of the molecule is C[C@@H]1[C@@H](O)[C@H](OC[C@H]2O[C@@H](O[C@H](CC[C@@H](C)C3CC[C@@]4(C)C5CC=C6C(CC[C@H](O[C@@H]7O[C@H](CO[C@@H]8O[C@H](OO)[C@@H](O)[C@H](O)[C@H]8O)[C@@H](O)[C@H](O)[C@H]7O)C6(C)C)[C@]5(C)C(=O)C[C@]34C)C(C)(C)O)[C@H](O[C@H]3O[C@@H](CO)[C@H](O)[C@@H](O)[C@@H]3O)[C@@H](O)[C@@H]2O)O[C@H](CO)[C@H]1O. The molecule has 29 nitrogen and oxygen atoms in total. The molecule has 8 fully saturated rings. The lowest BCUT2D eigenvalue weighted by Crippen LogP contribution is -2.65. The predicted octanol–water partition coefficient (Wildman–Crippen LogP) is -3.47. The van der Waals surface area contributed by atoms with Crippen molar-refractivity contribution in [1.82, 2.24) is 0 Å². The fourth-order valence-electron chi connectivity index (χ4n) is 16.8. The van der Waals surface area contributed by atoms with Gasteiger partial charge in [-0.1, -0.05) is 60.1 Å². The number of Topliss-reactive ketones (excluding diaryl/α,β-unsaturated/α-hetero) is 1. The van der Waals surface area contributed by atoms with Crippen LogP contribution in [0.15, 0.2) is 11.6 Å². The van der Waals surface area contributed by atoms with E-state index in [4.69, 9.17) is 52.6 Å². The summed E-state index contributed by atoms with van der Waals surface area (Å²) in [5.41, 5.74) is -2.92. The van der Waals surface area contributed by atoms with E-state index in [1.165, 1.54) is 20.8 Å². The fraction of sp³-hybridized carbons (Fsp3) is 0.950. The Morgan fingerprint density at radius 1 is 0.584 bits per heavy atom. The van der Waals surface area contributed by atoms with Gasteiger partial charge >= 0.3 is 0 Å². The van der Waals surface area contributed by atoms with Crippen LogP contribution in [0.4, 0.5) is 0 Å². The van der Waals surface area contributed by atoms with Gasteiger partial charge in [-0.15, -0.1) is 0 Å². The molecule has 5 aliphatic heterocycles. The predicted molar refractivity (Wildman–Crippen MR) is 299 cm³/mol. The number of ether oxygens (including phenoxy) is 10. The van der Waals surface area contributed by atoms with Gasteiger partial charge in [-0.3, -0.25) is 4.79 Å². The normalized spacial score (nSPS) is 51.0. The van der Waals surface area contributed by atoms with Crippen molar-refractivity contribution in [3.63, 3.8) is 0 Å². The van der Waals surface area contributed by atoms with Crippen molar-refractivity contribution in [2.75, 3.05) is 26.4 Å². The van der Waals surface area contributed by atoms with Gasteiger partial charge in [0.15, 0.2) is 31.5 Å². The zero-order valence-corrected chi connectivity index (χ0v) is 52.0. The molecule has 3 unspecified atom stereocenters. The Hall–Kier alpha value is -1.71. The Morgan fingerprint density at radius 2 is 1.09 bits per heavy atom. The maximum absolute atomic E-state index is 15.4. The van der Waals surface area contributed by atoms with E-state index >= 15 is 4.79 Å². The summed E-state index contributed by atoms with van der Waals surface area (Å²) < 4.78 is 59.4. The second kappa shape index (κ2) is 27.4. The molecule has 0 aromatic rings. The van der Waals surface area contributed by atoms with Gasteiger partial charge < -0.3 is 129 Å². The molecule has 0 aromatic heterocycles. The summed E-state index contributed by atoms with van der Waals surface area (Å²) in [5.74, 6) is -0.951. The van der Waals surface area contributed by atoms with E-state index in [0.717, 1.165) is 18.4 Å². The highest BCUT2D eigenvalue weighted by molar-refractivity contribution is 5.88. The molecule has 29 heteroatoms. The first-order chi connectivity index (χ1) is 41.6. The van der Waals surface area contributed by atoms with E-state index in [-0.39, 0.29) is 41.3 Å². The molecule has 3 saturated carbocycles. The zero-order valence-electron chi connectivity index (χ0n) is 52.0. The van der Waals surface area contributed by atoms with Gasteiger partial charge in [-0.25, -0.2) is 10.1 Å². The van der Waals surface area contributed by atoms with Gasteiger partial charge in [0.25, 0.3) is 0 Å². The summed E-state index contributed by atoms with van der Waals surface area (Å²) in [5, 5.41) is 182. The highest BCUT2D eigenvalue weighted by atomic mass is 17.1. The summed E-state index contributed by atoms with van der Waals surface area (Å²) in [6.45, 7) is 14.8. The van der Waals surface area contributed by atoms with Crippen LogP contribution < -0.4 is 0 Å². The number of ketones is 1. The monoisotopic (exact) mass is 1280 g/mol. The highest BCUT2D eigenvalue weighted by Gasteiger charge is 2.71. The first-order valence-electron chi connectivity index (χ1n) is 31.4. The molecular formula is C60H100O29. The van der Waals surface area contributed by atoms with Gasteiger partial charge in [0.05, 0.1) is 50.3 Å². The molecule has 9 rings (SSSR count). The third kappa shape index (κ3) is 13.0. The molecule has 5 saturated heterocycles. The summed E-state index contributed by atoms with van der Waals surface area (Å²) in [6, 6.07) is 0. The molecule has 0 aromatic carbocycles. The van der Waals surface area contributed by atoms with Crippen LogP contribution in [0.2, 0.25) is 0 Å². The molecule has 514 valence electrons. The first kappa shape index (κ1) is 71.6. The number of allylic oxidation sites excluding steroid dienone is 1. The standard InChI is InChI=1S/C60H100O29/c1-23(10-14-35(57(5,6)77)86-55-49(87-53-47(75)41(69)38(66)29(20-62)82-53)44(72)40(68)31(84-55)22-79-50-37(65)24(2)36(64)28(19-61)81-50)25-16-17-58(7)32-13-11-26-27(60(32,9)33(63)18-59(25,58)8)12-15-34(56(26,3)4)85-52-46(74)42(70)39(67)30(83-52)21-80-51-45(73)43(71)48(76)54(88-51)89-78/h11,23-25,27-32,34-55,61-62,64-78H,10,12-22H2,1-9H3/t23-,24+,25?,27?,28-,29+,30-,31-,32?,34+,35-,36+,37-,38+,39-,40-,41-,42+,43-,44+,45-,46-,47+,48+,49-,50-,51-,52+,53-,54-,55+,58+,59-,60+/m1/s1. The second-order valence-electron chi connectivity index (χ2n) is 28.6. The lowest BCUT2D eigenvalue weighted by molar-refractivity contribution is -0.430. The minimum absolute atomic E-state index is 0.0176. The fourth-order valence-corrected chi connectivity index (χ4v) is 16.8. The van der Waals surface area contributed by atoms with Crippen LogP contribution in [0, 0.1) is 51.2 Å². The number of hydrogen-bond donors (Lipinski definition) is 17. The second-order valence-corrected chi connectivity index (χ2v) is 28.6. The first-order valence-corrected chi connectivity index (χ1v) is 31.4. The average Bonchev–Trinajstić information content (AvgIpc) is 1.66. The maximum Gasteiger partial charge on any atom is 0.222 e. The Kier molecular flexibility index (Phi) is 22.1. The van der Waals surface area contributed by atoms with E-state index in [1.807, 2.05) is 13.8 Å². The third-order valence-corrected chi connectivity index (χ3v) is 22.8. The lowest BCUT2D eigenvalue weighted by atomic mass is 9.38. The number of aliphatic hydroxyl groups excluding tert-OH is 15. The minimum Gasteiger partial charge on any atom is -0.394 e. The van der Waals surface area contributed by atoms with Crippen LogP contribution in [0.3, 0.4) is 0 Å². The number of hydrogen-bond acceptors (Lipinski definition) is 29. The molecule has 0 radical (unpaired) electrons. The Balaban J connectivity index is 0.884. The van der Waals surface area contributed by atoms with Gasteiger partial charge in [0, 0.05) is 23.2 Å². The van der Waals surface area contributed by atoms with Crippen molar-refractivity contribution in [3.05, 3.63) is 11.6 Å². The molecule has 0 spiro atoms. The Bertz CT molecular complexity index is 2390. The maximum atomic E-state index is 15.4. The molecular weight excluding hydrogens is 1180 g/mol. The molecule has 89 heavy (non-hydrogen) atoms. The lowest BCUT2D eigenvalue weighted by Gasteiger charge is -2.65. The number of carbonyl (C=O) groups excluding carboxylic acids is 1. The van der Waals surface area contributed by atoms with Crippen molar-refractivity contribution in [1.29, 1.82) is 0 Å². The average molecular weight is 1290 g/mol. The molecule has 17 N–H and O–H groups in total. The molecule has 9 aliphatic rings. The Morgan fingerprint density at radius 3 is 1.69 bits per heavy atom. The Labute approximate surface area is 516 Å². The van der Waals surface area contributed by atoms with Crippen LogP contribution in [0.25, 0.3) is 0 Å². The van der Waals surface area contributed by atoms with Crippen LogP contribution in [0.1, 0.15) is 114 Å². The third-order valence-electron chi connectivity index (χ3n) is 22.8. The molecule has 4 aliphatic carbocycles. The van der Waals surface area contributed by atoms with E-state index < -0.39 is 214 Å². The van der Waals surface area contributed by atoms with E-state index in [1.54, 1.807) is 0 Å². The van der Waals surface area contributed by atoms with Crippen LogP contribution in [-0.2, 0) is 57.1 Å². The van der Waals surface area contributed by atoms with Crippen molar-refractivity contribution in [3.8, 4) is 0 Å². The summed E-state index contributed by atoms with van der Waals surface area (Å²) in [6.07, 6.45) is -34.9. The van der Waals surface area contributed by atoms with Crippen LogP contribution in [-0.4, -0.2) is 285 Å². The van der Waals surface area contributed by atoms with Gasteiger partial charge in [0.1, 0.15) is 110 Å². The highest BCUT2D eigenvalue weighted by Crippen LogP contribution is 2.74. The van der Waals surface area contributed by atoms with Crippen LogP contribution in [0.5, 0.6) is 0 Å². The van der Waals surface area contributed by atoms with Crippen molar-refractivity contribution < 1.29 is 144 Å². The smallest absolute Gasteiger partial charge is 0.222 e. The number of rotatable bonds is 20. The molecule has 5 heterocycles. The zero-order chi connectivity index (χ0) is 65.5. The van der Waals surface area contributed by atoms with E-state index in [9.17, 15) is 81.7 Å². The number of fused-ring (bicyclic) bond motifs is 5. The van der Waals surface area contributed by atoms with Gasteiger partial charge in [0.2, 0.25) is 6.29 Å². The van der Waals surface area contributed by atoms with E-state index in [2.05, 4.69) is 38.7 Å². The minimum atomic E-state index is -1.93. The van der Waals surface area contributed by atoms with Crippen molar-refractivity contribution >= 4 is 5.78 Å². The van der Waals surface area contributed by atoms with Crippen LogP contribution >= 0.6 is 0 Å². The molecule has 0 amide bonds. The summed E-state index contributed by atoms with van der Waals surface area (Å²) in [7, 11) is 0. The largest absolute Gasteiger partial charge is 0.394 e. The number of carbonyl (C=O) groups is 1. The summed E-state index contributed by atoms with van der Waals surface area (Å²) in [4.78, 5) is 19.4.